The molecule has 2 aliphatic rings. The molecule has 0 aromatic carbocycles. The Morgan fingerprint density at radius 3 is 2.92 bits per heavy atom. The molecule has 140 valence electrons. The fourth-order valence-electron chi connectivity index (χ4n) is 3.68. The normalized spacial score (nSPS) is 20.0. The number of carbonyl (C=O) groups is 1. The van der Waals surface area contributed by atoms with Crippen molar-refractivity contribution in [3.63, 3.8) is 0 Å². The second-order valence-electron chi connectivity index (χ2n) is 7.27. The minimum atomic E-state index is -2.10. The number of amides is 1. The third-order valence-electron chi connectivity index (χ3n) is 5.21. The van der Waals surface area contributed by atoms with Crippen molar-refractivity contribution in [2.75, 3.05) is 18.5 Å². The summed E-state index contributed by atoms with van der Waals surface area (Å²) in [5.74, 6) is 0.544. The number of anilines is 1. The summed E-state index contributed by atoms with van der Waals surface area (Å²) >= 11 is -2.10. The van der Waals surface area contributed by atoms with Crippen LogP contribution >= 0.6 is 0 Å². The van der Waals surface area contributed by atoms with Gasteiger partial charge in [-0.05, 0) is 0 Å². The van der Waals surface area contributed by atoms with Crippen molar-refractivity contribution in [2.24, 2.45) is 0 Å². The van der Waals surface area contributed by atoms with Gasteiger partial charge in [0.15, 0.2) is 0 Å². The van der Waals surface area contributed by atoms with E-state index in [0.717, 1.165) is 42.1 Å². The molecule has 1 fully saturated rings. The zero-order valence-corrected chi connectivity index (χ0v) is 18.7. The molecule has 0 bridgehead atoms. The molecule has 0 spiro atoms. The van der Waals surface area contributed by atoms with E-state index in [2.05, 4.69) is 28.8 Å². The maximum absolute atomic E-state index is 13.0. The van der Waals surface area contributed by atoms with Crippen LogP contribution in [-0.2, 0) is 4.79 Å². The molecule has 1 aromatic heterocycles. The van der Waals surface area contributed by atoms with Gasteiger partial charge in [0.25, 0.3) is 0 Å². The summed E-state index contributed by atoms with van der Waals surface area (Å²) in [6.07, 6.45) is 9.26. The number of aliphatic hydroxyl groups is 1. The summed E-state index contributed by atoms with van der Waals surface area (Å²) in [5, 5.41) is 15.5. The third-order valence-corrected chi connectivity index (χ3v) is 11.8. The van der Waals surface area contributed by atoms with E-state index >= 15 is 0 Å². The summed E-state index contributed by atoms with van der Waals surface area (Å²) in [5.41, 5.74) is -0.658. The van der Waals surface area contributed by atoms with Crippen LogP contribution in [0.5, 0.6) is 0 Å². The Labute approximate surface area is 163 Å². The van der Waals surface area contributed by atoms with Crippen LogP contribution in [0.3, 0.4) is 0 Å². The molecule has 8 heteroatoms. The molecule has 1 aromatic rings. The number of aliphatic hydroxyl groups excluding tert-OH is 1. The summed E-state index contributed by atoms with van der Waals surface area (Å²) in [4.78, 5) is 22.1. The SMILES string of the molecule is CC(CCO)NC(=O)C1(Nc2ncc[c]([In]3[CH]=CC[NH]3)n2)CCCCC1. The Morgan fingerprint density at radius 1 is 1.42 bits per heavy atom. The molecule has 7 nitrogen and oxygen atoms in total. The maximum atomic E-state index is 13.0. The predicted octanol–water partition coefficient (Wildman–Crippen LogP) is 0.376. The fourth-order valence-corrected chi connectivity index (χ4v) is 9.09. The van der Waals surface area contributed by atoms with Crippen molar-refractivity contribution in [2.45, 2.75) is 57.0 Å². The van der Waals surface area contributed by atoms with Gasteiger partial charge in [0.05, 0.1) is 0 Å². The first-order valence-corrected chi connectivity index (χ1v) is 14.8. The van der Waals surface area contributed by atoms with Gasteiger partial charge < -0.3 is 0 Å². The van der Waals surface area contributed by atoms with E-state index in [-0.39, 0.29) is 18.6 Å². The van der Waals surface area contributed by atoms with Gasteiger partial charge in [-0.15, -0.1) is 0 Å². The van der Waals surface area contributed by atoms with E-state index in [4.69, 9.17) is 10.1 Å². The van der Waals surface area contributed by atoms with Crippen molar-refractivity contribution in [1.82, 2.24) is 18.6 Å². The molecule has 0 radical (unpaired) electrons. The second kappa shape index (κ2) is 9.19. The Hall–Kier alpha value is -1.12. The first-order valence-electron chi connectivity index (χ1n) is 9.56. The zero-order chi connectivity index (χ0) is 18.4. The molecule has 1 saturated carbocycles. The number of aromatic nitrogens is 2. The number of nitrogens with one attached hydrogen (secondary N) is 3. The quantitative estimate of drug-likeness (QED) is 0.469. The second-order valence-corrected chi connectivity index (χ2v) is 14.0. The average molecular weight is 461 g/mol. The van der Waals surface area contributed by atoms with E-state index in [1.807, 2.05) is 13.0 Å². The molecule has 1 aliphatic heterocycles. The van der Waals surface area contributed by atoms with Crippen molar-refractivity contribution in [3.05, 3.63) is 22.2 Å². The first kappa shape index (κ1) is 19.6. The van der Waals surface area contributed by atoms with E-state index in [0.29, 0.717) is 12.4 Å². The summed E-state index contributed by atoms with van der Waals surface area (Å²) < 4.78 is 6.96. The van der Waals surface area contributed by atoms with Crippen LogP contribution in [0.1, 0.15) is 45.4 Å². The Bertz CT molecular complexity index is 648. The van der Waals surface area contributed by atoms with E-state index in [1.54, 1.807) is 6.20 Å². The van der Waals surface area contributed by atoms with Crippen molar-refractivity contribution < 1.29 is 9.90 Å². The van der Waals surface area contributed by atoms with Crippen LogP contribution in [0.4, 0.5) is 5.95 Å². The molecule has 1 atom stereocenters. The van der Waals surface area contributed by atoms with Gasteiger partial charge >= 0.3 is 163 Å². The van der Waals surface area contributed by atoms with Crippen molar-refractivity contribution >= 4 is 37.0 Å². The van der Waals surface area contributed by atoms with E-state index in [1.165, 1.54) is 0 Å². The van der Waals surface area contributed by atoms with Crippen molar-refractivity contribution in [1.29, 1.82) is 0 Å². The standard InChI is InChI=1S/C15H23N4O2.C3H5N.In/c1-12(6-11-20)18-13(21)15(7-3-2-4-8-15)19-14-16-9-5-10-17-14;1-2-3-4;/h5,9,12,20H,2-4,6-8,11H2,1H3,(H,18,21)(H,16,17,19);1-2,4H,3H2;/q;-1;+1. The van der Waals surface area contributed by atoms with Crippen LogP contribution < -0.4 is 17.4 Å². The van der Waals surface area contributed by atoms with Gasteiger partial charge in [0, 0.05) is 0 Å². The number of carbonyl (C=O) groups excluding carboxylic acids is 1. The number of rotatable bonds is 7. The Kier molecular flexibility index (Phi) is 6.94. The molecule has 1 amide bonds. The monoisotopic (exact) mass is 461 g/mol. The fraction of sp³-hybridized carbons (Fsp3) is 0.611. The molecule has 1 aliphatic carbocycles. The van der Waals surface area contributed by atoms with Crippen LogP contribution in [0.2, 0.25) is 0 Å². The number of hydrogen-bond donors (Lipinski definition) is 4. The zero-order valence-electron chi connectivity index (χ0n) is 15.4. The van der Waals surface area contributed by atoms with Gasteiger partial charge in [-0.25, -0.2) is 0 Å². The molecule has 0 saturated heterocycles. The molecule has 1 unspecified atom stereocenters. The van der Waals surface area contributed by atoms with Gasteiger partial charge in [-0.2, -0.15) is 0 Å². The molecule has 3 rings (SSSR count). The molecule has 4 N–H and O–H groups in total. The summed E-state index contributed by atoms with van der Waals surface area (Å²) in [7, 11) is 0. The molecular formula is C18H28InN5O2. The molecule has 26 heavy (non-hydrogen) atoms. The number of hydrogen-bond acceptors (Lipinski definition) is 6. The molecular weight excluding hydrogens is 433 g/mol. The van der Waals surface area contributed by atoms with Crippen LogP contribution in [0, 0.1) is 0 Å². The Morgan fingerprint density at radius 2 is 2.23 bits per heavy atom. The average Bonchev–Trinajstić information content (AvgIpc) is 3.17. The molecule has 2 heterocycles. The summed E-state index contributed by atoms with van der Waals surface area (Å²) in [6, 6.07) is 1.94. The van der Waals surface area contributed by atoms with E-state index < -0.39 is 27.3 Å². The number of nitrogens with zero attached hydrogens (tertiary/aromatic N) is 2. The van der Waals surface area contributed by atoms with Gasteiger partial charge in [0.2, 0.25) is 0 Å². The minimum absolute atomic E-state index is 0.00504. The summed E-state index contributed by atoms with van der Waals surface area (Å²) in [6.45, 7) is 2.93. The predicted molar refractivity (Wildman–Crippen MR) is 103 cm³/mol. The first-order chi connectivity index (χ1) is 12.6. The van der Waals surface area contributed by atoms with Crippen LogP contribution in [-0.4, -0.2) is 67.4 Å². The van der Waals surface area contributed by atoms with E-state index in [9.17, 15) is 4.79 Å². The third kappa shape index (κ3) is 4.78. The van der Waals surface area contributed by atoms with Gasteiger partial charge in [0.1, 0.15) is 0 Å². The van der Waals surface area contributed by atoms with Gasteiger partial charge in [-0.1, -0.05) is 0 Å². The van der Waals surface area contributed by atoms with Crippen LogP contribution in [0.15, 0.2) is 22.2 Å². The van der Waals surface area contributed by atoms with Crippen molar-refractivity contribution in [3.8, 4) is 0 Å². The van der Waals surface area contributed by atoms with Gasteiger partial charge in [-0.3, -0.25) is 0 Å². The van der Waals surface area contributed by atoms with Crippen LogP contribution in [0.25, 0.3) is 0 Å². The topological polar surface area (TPSA) is 99.2 Å². The Balaban J connectivity index is 1.76.